The van der Waals surface area contributed by atoms with Crippen LogP contribution in [0.4, 0.5) is 20.1 Å². The Bertz CT molecular complexity index is 1600. The number of alkyl carbamates (subject to hydrolysis) is 1. The van der Waals surface area contributed by atoms with Gasteiger partial charge in [0.15, 0.2) is 0 Å². The number of sulfonamides is 1. The minimum absolute atomic E-state index is 0.0199. The van der Waals surface area contributed by atoms with Crippen molar-refractivity contribution >= 4 is 45.3 Å². The Morgan fingerprint density at radius 1 is 0.980 bits per heavy atom. The van der Waals surface area contributed by atoms with Crippen LogP contribution in [0.25, 0.3) is 10.4 Å². The van der Waals surface area contributed by atoms with Crippen LogP contribution in [0.1, 0.15) is 105 Å². The highest BCUT2D eigenvalue weighted by Crippen LogP contribution is 2.40. The molecule has 1 aliphatic carbocycles. The third kappa shape index (κ3) is 11.8. The van der Waals surface area contributed by atoms with E-state index in [-0.39, 0.29) is 47.3 Å². The van der Waals surface area contributed by atoms with Gasteiger partial charge in [-0.25, -0.2) is 32.5 Å². The topological polar surface area (TPSA) is 165 Å². The van der Waals surface area contributed by atoms with Gasteiger partial charge in [-0.05, 0) is 112 Å². The van der Waals surface area contributed by atoms with Gasteiger partial charge >= 0.3 is 18.3 Å². The molecule has 1 aliphatic heterocycles. The molecule has 0 atom stereocenters. The first-order valence-electron chi connectivity index (χ1n) is 17.3. The SMILES string of the molecule is CC(C)OC(=O)N[C@H]1CC[C@H](c2ncc(-c3ccc(NC(=O)OCC4CCN(C(=O)OC(C)(C)C)CC4)cc3S(=O)(=O)NC(C)(C)C)s2)CC1. The Balaban J connectivity index is 1.41. The van der Waals surface area contributed by atoms with Gasteiger partial charge in [0.25, 0.3) is 0 Å². The Labute approximate surface area is 300 Å². The number of thiazole rings is 1. The number of nitrogens with one attached hydrogen (secondary N) is 3. The molecule has 50 heavy (non-hydrogen) atoms. The lowest BCUT2D eigenvalue weighted by Gasteiger charge is -2.33. The molecular formula is C35H53N5O8S2. The average Bonchev–Trinajstić information content (AvgIpc) is 3.48. The van der Waals surface area contributed by atoms with Crippen molar-refractivity contribution in [3.63, 3.8) is 0 Å². The predicted molar refractivity (Wildman–Crippen MR) is 193 cm³/mol. The molecule has 0 unspecified atom stereocenters. The minimum Gasteiger partial charge on any atom is -0.449 e. The van der Waals surface area contributed by atoms with Gasteiger partial charge < -0.3 is 24.4 Å². The Morgan fingerprint density at radius 3 is 2.24 bits per heavy atom. The van der Waals surface area contributed by atoms with Crippen molar-refractivity contribution in [2.45, 2.75) is 128 Å². The number of hydrogen-bond donors (Lipinski definition) is 3. The van der Waals surface area contributed by atoms with Crippen LogP contribution in [-0.2, 0) is 24.2 Å². The lowest BCUT2D eigenvalue weighted by molar-refractivity contribution is 0.0152. The summed E-state index contributed by atoms with van der Waals surface area (Å²) in [4.78, 5) is 44.3. The molecule has 2 aromatic rings. The first-order chi connectivity index (χ1) is 23.3. The van der Waals surface area contributed by atoms with Crippen LogP contribution >= 0.6 is 11.3 Å². The molecule has 1 aromatic heterocycles. The van der Waals surface area contributed by atoms with Gasteiger partial charge in [0, 0.05) is 48.0 Å². The van der Waals surface area contributed by atoms with Crippen molar-refractivity contribution in [2.24, 2.45) is 5.92 Å². The quantitative estimate of drug-likeness (QED) is 0.225. The first kappa shape index (κ1) is 39.4. The number of benzene rings is 1. The summed E-state index contributed by atoms with van der Waals surface area (Å²) in [6.07, 6.45) is 4.69. The third-order valence-electron chi connectivity index (χ3n) is 8.20. The fourth-order valence-corrected chi connectivity index (χ4v) is 8.80. The molecule has 13 nitrogen and oxygen atoms in total. The van der Waals surface area contributed by atoms with Crippen LogP contribution in [0.2, 0.25) is 0 Å². The zero-order chi connectivity index (χ0) is 36.9. The number of aromatic nitrogens is 1. The number of nitrogens with zero attached hydrogens (tertiary/aromatic N) is 2. The molecule has 3 N–H and O–H groups in total. The van der Waals surface area contributed by atoms with Crippen molar-refractivity contribution in [3.8, 4) is 10.4 Å². The molecule has 278 valence electrons. The number of hydrogen-bond acceptors (Lipinski definition) is 10. The van der Waals surface area contributed by atoms with Crippen molar-refractivity contribution in [1.82, 2.24) is 19.9 Å². The van der Waals surface area contributed by atoms with Gasteiger partial charge in [-0.15, -0.1) is 11.3 Å². The highest BCUT2D eigenvalue weighted by molar-refractivity contribution is 7.89. The van der Waals surface area contributed by atoms with Crippen molar-refractivity contribution < 1.29 is 37.0 Å². The predicted octanol–water partition coefficient (Wildman–Crippen LogP) is 7.24. The molecule has 1 saturated heterocycles. The number of rotatable bonds is 9. The van der Waals surface area contributed by atoms with Gasteiger partial charge in [0.2, 0.25) is 10.0 Å². The maximum Gasteiger partial charge on any atom is 0.411 e. The summed E-state index contributed by atoms with van der Waals surface area (Å²) in [6, 6.07) is 4.81. The fraction of sp³-hybridized carbons (Fsp3) is 0.657. The molecule has 2 aliphatic rings. The molecule has 2 fully saturated rings. The van der Waals surface area contributed by atoms with E-state index in [1.165, 1.54) is 17.4 Å². The number of carbonyl (C=O) groups excluding carboxylic acids is 3. The molecule has 3 amide bonds. The van der Waals surface area contributed by atoms with E-state index in [1.807, 2.05) is 34.6 Å². The van der Waals surface area contributed by atoms with E-state index >= 15 is 0 Å². The van der Waals surface area contributed by atoms with E-state index in [1.54, 1.807) is 44.0 Å². The van der Waals surface area contributed by atoms with Crippen LogP contribution in [0.15, 0.2) is 29.3 Å². The zero-order valence-electron chi connectivity index (χ0n) is 30.5. The number of piperidine rings is 1. The maximum atomic E-state index is 13.7. The van der Waals surface area contributed by atoms with Crippen molar-refractivity contribution in [3.05, 3.63) is 29.4 Å². The van der Waals surface area contributed by atoms with Crippen molar-refractivity contribution in [2.75, 3.05) is 25.0 Å². The summed E-state index contributed by atoms with van der Waals surface area (Å²) < 4.78 is 46.3. The number of ether oxygens (including phenoxy) is 3. The molecule has 0 radical (unpaired) electrons. The zero-order valence-corrected chi connectivity index (χ0v) is 32.1. The van der Waals surface area contributed by atoms with Gasteiger partial charge in [-0.2, -0.15) is 0 Å². The molecule has 0 spiro atoms. The summed E-state index contributed by atoms with van der Waals surface area (Å²) in [5.41, 5.74) is -0.554. The molecular weight excluding hydrogens is 683 g/mol. The van der Waals surface area contributed by atoms with Crippen LogP contribution in [0, 0.1) is 5.92 Å². The van der Waals surface area contributed by atoms with Crippen molar-refractivity contribution in [1.29, 1.82) is 0 Å². The van der Waals surface area contributed by atoms with Crippen LogP contribution in [0.3, 0.4) is 0 Å². The second-order valence-corrected chi connectivity index (χ2v) is 18.1. The highest BCUT2D eigenvalue weighted by Gasteiger charge is 2.30. The van der Waals surface area contributed by atoms with E-state index in [9.17, 15) is 22.8 Å². The van der Waals surface area contributed by atoms with Gasteiger partial charge in [-0.1, -0.05) is 6.07 Å². The first-order valence-corrected chi connectivity index (χ1v) is 19.6. The fourth-order valence-electron chi connectivity index (χ4n) is 5.94. The van der Waals surface area contributed by atoms with Crippen LogP contribution in [0.5, 0.6) is 0 Å². The molecule has 2 heterocycles. The Hall–Kier alpha value is -3.43. The smallest absolute Gasteiger partial charge is 0.411 e. The molecule has 0 bridgehead atoms. The molecule has 4 rings (SSSR count). The lowest BCUT2D eigenvalue weighted by atomic mass is 9.86. The molecule has 1 saturated carbocycles. The second kappa shape index (κ2) is 16.3. The summed E-state index contributed by atoms with van der Waals surface area (Å²) >= 11 is 1.45. The summed E-state index contributed by atoms with van der Waals surface area (Å²) in [7, 11) is -4.01. The largest absolute Gasteiger partial charge is 0.449 e. The number of anilines is 1. The van der Waals surface area contributed by atoms with E-state index in [0.717, 1.165) is 30.7 Å². The van der Waals surface area contributed by atoms with E-state index in [4.69, 9.17) is 14.2 Å². The summed E-state index contributed by atoms with van der Waals surface area (Å²) in [6.45, 7) is 15.6. The number of likely N-dealkylation sites (tertiary alicyclic amines) is 1. The van der Waals surface area contributed by atoms with E-state index < -0.39 is 33.3 Å². The van der Waals surface area contributed by atoms with Crippen LogP contribution < -0.4 is 15.4 Å². The Morgan fingerprint density at radius 2 is 1.64 bits per heavy atom. The second-order valence-electron chi connectivity index (χ2n) is 15.4. The van der Waals surface area contributed by atoms with E-state index in [2.05, 4.69) is 20.3 Å². The Kier molecular flexibility index (Phi) is 12.8. The molecule has 15 heteroatoms. The molecule has 1 aromatic carbocycles. The maximum absolute atomic E-state index is 13.7. The standard InChI is InChI=1S/C35H53N5O8S2/c1-22(2)47-32(42)37-25-11-9-24(10-12-25)30-36-20-28(49-30)27-14-13-26(19-29(27)50(44,45)39-34(3,4)5)38-31(41)46-21-23-15-17-40(18-16-23)33(43)48-35(6,7)8/h13-14,19-20,22-25,39H,9-12,15-18,21H2,1-8H3,(H,37,42)(H,38,41)/t24-,25-. The monoisotopic (exact) mass is 735 g/mol. The lowest BCUT2D eigenvalue weighted by Crippen LogP contribution is -2.42. The van der Waals surface area contributed by atoms with Gasteiger partial charge in [0.05, 0.1) is 27.5 Å². The van der Waals surface area contributed by atoms with Crippen LogP contribution in [-0.4, -0.2) is 79.6 Å². The number of amides is 3. The normalized spacial score (nSPS) is 19.2. The van der Waals surface area contributed by atoms with E-state index in [0.29, 0.717) is 36.4 Å². The third-order valence-corrected chi connectivity index (χ3v) is 11.2. The van der Waals surface area contributed by atoms with Gasteiger partial charge in [-0.3, -0.25) is 5.32 Å². The summed E-state index contributed by atoms with van der Waals surface area (Å²) in [5, 5.41) is 6.54. The summed E-state index contributed by atoms with van der Waals surface area (Å²) in [5.74, 6) is 0.280. The number of carbonyl (C=O) groups is 3. The minimum atomic E-state index is -4.01. The van der Waals surface area contributed by atoms with Gasteiger partial charge in [0.1, 0.15) is 5.60 Å². The average molecular weight is 736 g/mol. The highest BCUT2D eigenvalue weighted by atomic mass is 32.2.